The first kappa shape index (κ1) is 24.6. The van der Waals surface area contributed by atoms with Gasteiger partial charge in [0.15, 0.2) is 0 Å². The normalized spacial score (nSPS) is 14.8. The molecule has 2 N–H and O–H groups in total. The van der Waals surface area contributed by atoms with Gasteiger partial charge in [0.05, 0.1) is 17.4 Å². The predicted molar refractivity (Wildman–Crippen MR) is 148 cm³/mol. The fourth-order valence-corrected chi connectivity index (χ4v) is 5.02. The summed E-state index contributed by atoms with van der Waals surface area (Å²) in [6.45, 7) is 5.76. The molecule has 3 heterocycles. The van der Waals surface area contributed by atoms with Crippen LogP contribution >= 0.6 is 11.6 Å². The van der Waals surface area contributed by atoms with E-state index >= 15 is 0 Å². The van der Waals surface area contributed by atoms with Crippen LogP contribution in [-0.4, -0.2) is 33.5 Å². The van der Waals surface area contributed by atoms with Gasteiger partial charge in [0.2, 0.25) is 5.56 Å². The fraction of sp³-hybridized carbons (Fsp3) is 0.250. The summed E-state index contributed by atoms with van der Waals surface area (Å²) in [5.41, 5.74) is 5.07. The van der Waals surface area contributed by atoms with Crippen LogP contribution in [0.4, 0.5) is 16.3 Å². The summed E-state index contributed by atoms with van der Waals surface area (Å²) in [7, 11) is 1.70. The Balaban J connectivity index is 1.48. The molecule has 0 bridgehead atoms. The van der Waals surface area contributed by atoms with E-state index in [2.05, 4.69) is 22.5 Å². The van der Waals surface area contributed by atoms with Gasteiger partial charge in [0.1, 0.15) is 5.82 Å². The molecule has 0 fully saturated rings. The minimum absolute atomic E-state index is 0.101. The second kappa shape index (κ2) is 10.1. The molecule has 0 saturated heterocycles. The lowest BCUT2D eigenvalue weighted by molar-refractivity contribution is 0.247. The van der Waals surface area contributed by atoms with Gasteiger partial charge >= 0.3 is 6.03 Å². The molecule has 0 spiro atoms. The number of aromatic nitrogens is 3. The molecule has 1 aliphatic heterocycles. The van der Waals surface area contributed by atoms with E-state index in [0.717, 1.165) is 47.6 Å². The molecule has 0 saturated carbocycles. The number of carbonyl (C=O) groups excluding carboxylic acids is 1. The molecule has 5 rings (SSSR count). The molecule has 8 nitrogen and oxygen atoms in total. The van der Waals surface area contributed by atoms with Crippen molar-refractivity contribution in [1.29, 1.82) is 0 Å². The van der Waals surface area contributed by atoms with Gasteiger partial charge in [-0.05, 0) is 62.2 Å². The highest BCUT2D eigenvalue weighted by Gasteiger charge is 2.27. The van der Waals surface area contributed by atoms with Gasteiger partial charge in [0.25, 0.3) is 0 Å². The molecule has 2 aromatic carbocycles. The number of pyridine rings is 1. The monoisotopic (exact) mass is 516 g/mol. The van der Waals surface area contributed by atoms with Crippen LogP contribution in [0.15, 0.2) is 71.7 Å². The van der Waals surface area contributed by atoms with E-state index in [4.69, 9.17) is 16.7 Å². The lowest BCUT2D eigenvalue weighted by Gasteiger charge is -2.35. The number of carbonyl (C=O) groups is 1. The summed E-state index contributed by atoms with van der Waals surface area (Å²) in [6.07, 6.45) is 2.52. The number of fused-ring (bicyclic) bond motifs is 1. The molecule has 1 atom stereocenters. The average molecular weight is 517 g/mol. The zero-order valence-electron chi connectivity index (χ0n) is 21.0. The van der Waals surface area contributed by atoms with Crippen LogP contribution in [0.5, 0.6) is 0 Å². The Kier molecular flexibility index (Phi) is 6.76. The first-order valence-electron chi connectivity index (χ1n) is 12.3. The largest absolute Gasteiger partial charge is 0.371 e. The predicted octanol–water partition coefficient (Wildman–Crippen LogP) is 5.29. The van der Waals surface area contributed by atoms with Crippen molar-refractivity contribution in [3.63, 3.8) is 0 Å². The van der Waals surface area contributed by atoms with Gasteiger partial charge in [-0.3, -0.25) is 10.1 Å². The third kappa shape index (κ3) is 4.84. The molecule has 9 heteroatoms. The number of hydrogen-bond acceptors (Lipinski definition) is 4. The maximum absolute atomic E-state index is 13.4. The number of amides is 2. The summed E-state index contributed by atoms with van der Waals surface area (Å²) in [5, 5.41) is 11.7. The van der Waals surface area contributed by atoms with Crippen LogP contribution in [0.1, 0.15) is 30.5 Å². The van der Waals surface area contributed by atoms with E-state index in [9.17, 15) is 9.59 Å². The van der Waals surface area contributed by atoms with Crippen molar-refractivity contribution in [3.05, 3.63) is 93.4 Å². The smallest absolute Gasteiger partial charge is 0.320 e. The Morgan fingerprint density at radius 1 is 1.14 bits per heavy atom. The van der Waals surface area contributed by atoms with Gasteiger partial charge in [-0.1, -0.05) is 29.8 Å². The second-order valence-corrected chi connectivity index (χ2v) is 9.60. The van der Waals surface area contributed by atoms with Crippen LogP contribution < -0.4 is 21.1 Å². The van der Waals surface area contributed by atoms with E-state index in [-0.39, 0.29) is 17.6 Å². The Labute approximate surface area is 220 Å². The molecule has 1 aliphatic rings. The number of nitrogens with zero attached hydrogens (tertiary/aromatic N) is 4. The first-order valence-corrected chi connectivity index (χ1v) is 12.7. The maximum atomic E-state index is 13.4. The highest BCUT2D eigenvalue weighted by atomic mass is 35.5. The molecular weight excluding hydrogens is 488 g/mol. The number of anilines is 2. The van der Waals surface area contributed by atoms with Gasteiger partial charge in [0, 0.05) is 54.2 Å². The van der Waals surface area contributed by atoms with Gasteiger partial charge < -0.3 is 14.8 Å². The molecule has 190 valence electrons. The number of para-hydroxylation sites is 1. The zero-order valence-corrected chi connectivity index (χ0v) is 21.8. The molecular formula is C28H29ClN6O2. The highest BCUT2D eigenvalue weighted by molar-refractivity contribution is 6.30. The molecule has 37 heavy (non-hydrogen) atoms. The number of aryl methyl sites for hydroxylation is 1. The average Bonchev–Trinajstić information content (AvgIpc) is 3.22. The Bertz CT molecular complexity index is 1510. The third-order valence-corrected chi connectivity index (χ3v) is 7.03. The van der Waals surface area contributed by atoms with E-state index in [1.54, 1.807) is 24.0 Å². The maximum Gasteiger partial charge on any atom is 0.320 e. The summed E-state index contributed by atoms with van der Waals surface area (Å²) in [4.78, 5) is 27.6. The van der Waals surface area contributed by atoms with E-state index in [1.165, 1.54) is 10.6 Å². The summed E-state index contributed by atoms with van der Waals surface area (Å²) < 4.78 is 3.24. The van der Waals surface area contributed by atoms with Crippen LogP contribution in [-0.2, 0) is 7.05 Å². The SMILES string of the molecule is CCN1CCC(NC(=O)Nc2c(C)c(-c3ccc(=O)n(C)c3)nn2-c2ccccc2)c2cc(Cl)ccc21. The van der Waals surface area contributed by atoms with Gasteiger partial charge in [-0.25, -0.2) is 9.48 Å². The van der Waals surface area contributed by atoms with Crippen LogP contribution in [0.25, 0.3) is 16.9 Å². The Morgan fingerprint density at radius 2 is 1.92 bits per heavy atom. The minimum atomic E-state index is -0.326. The quantitative estimate of drug-likeness (QED) is 0.377. The number of urea groups is 1. The molecule has 4 aromatic rings. The lowest BCUT2D eigenvalue weighted by atomic mass is 9.96. The van der Waals surface area contributed by atoms with Gasteiger partial charge in [-0.15, -0.1) is 0 Å². The van der Waals surface area contributed by atoms with Crippen LogP contribution in [0, 0.1) is 6.92 Å². The molecule has 2 aromatic heterocycles. The van der Waals surface area contributed by atoms with E-state index in [0.29, 0.717) is 16.5 Å². The van der Waals surface area contributed by atoms with Crippen molar-refractivity contribution in [2.45, 2.75) is 26.3 Å². The highest BCUT2D eigenvalue weighted by Crippen LogP contribution is 2.36. The number of halogens is 1. The minimum Gasteiger partial charge on any atom is -0.371 e. The van der Waals surface area contributed by atoms with Crippen LogP contribution in [0.2, 0.25) is 5.02 Å². The fourth-order valence-electron chi connectivity index (χ4n) is 4.84. The Morgan fingerprint density at radius 3 is 2.65 bits per heavy atom. The summed E-state index contributed by atoms with van der Waals surface area (Å²) >= 11 is 6.31. The lowest BCUT2D eigenvalue weighted by Crippen LogP contribution is -2.39. The molecule has 0 aliphatic carbocycles. The number of nitrogens with one attached hydrogen (secondary N) is 2. The van der Waals surface area contributed by atoms with Crippen molar-refractivity contribution >= 4 is 29.1 Å². The Hall–Kier alpha value is -4.04. The topological polar surface area (TPSA) is 84.2 Å². The number of rotatable bonds is 5. The summed E-state index contributed by atoms with van der Waals surface area (Å²) in [5.74, 6) is 0.560. The number of benzene rings is 2. The second-order valence-electron chi connectivity index (χ2n) is 9.16. The van der Waals surface area contributed by atoms with E-state index < -0.39 is 0 Å². The van der Waals surface area contributed by atoms with Crippen molar-refractivity contribution in [2.75, 3.05) is 23.3 Å². The van der Waals surface area contributed by atoms with E-state index in [1.807, 2.05) is 55.5 Å². The van der Waals surface area contributed by atoms with Crippen molar-refractivity contribution in [3.8, 4) is 16.9 Å². The number of hydrogen-bond donors (Lipinski definition) is 2. The van der Waals surface area contributed by atoms with Crippen molar-refractivity contribution in [2.24, 2.45) is 7.05 Å². The van der Waals surface area contributed by atoms with Crippen molar-refractivity contribution in [1.82, 2.24) is 19.7 Å². The zero-order chi connectivity index (χ0) is 26.1. The standard InChI is InChI=1S/C28H29ClN6O2/c1-4-34-15-14-23(22-16-20(29)11-12-24(22)34)30-28(37)31-27-18(2)26(19-10-13-25(36)33(3)17-19)32-35(27)21-8-6-5-7-9-21/h5-13,16-17,23H,4,14-15H2,1-3H3,(H2,30,31,37). The molecule has 1 unspecified atom stereocenters. The van der Waals surface area contributed by atoms with Crippen LogP contribution in [0.3, 0.4) is 0 Å². The third-order valence-electron chi connectivity index (χ3n) is 6.79. The molecule has 0 radical (unpaired) electrons. The van der Waals surface area contributed by atoms with Gasteiger partial charge in [-0.2, -0.15) is 5.10 Å². The summed E-state index contributed by atoms with van der Waals surface area (Å²) in [6, 6.07) is 18.2. The van der Waals surface area contributed by atoms with Crippen molar-refractivity contribution < 1.29 is 4.79 Å². The molecule has 2 amide bonds. The first-order chi connectivity index (χ1) is 17.9.